The van der Waals surface area contributed by atoms with Crippen LogP contribution in [0.25, 0.3) is 5.76 Å². The first-order valence-corrected chi connectivity index (χ1v) is 13.4. The number of anilines is 1. The number of nitrogens with zero attached hydrogens (tertiary/aromatic N) is 2. The summed E-state index contributed by atoms with van der Waals surface area (Å²) in [7, 11) is 6.75. The molecule has 1 saturated heterocycles. The van der Waals surface area contributed by atoms with Crippen molar-refractivity contribution in [1.82, 2.24) is 10.2 Å². The van der Waals surface area contributed by atoms with Gasteiger partial charge < -0.3 is 40.5 Å². The number of amides is 1. The summed E-state index contributed by atoms with van der Waals surface area (Å²) >= 11 is 0. The largest absolute Gasteiger partial charge is 0.508 e. The molecular formula is C28H36N4O9. The predicted molar refractivity (Wildman–Crippen MR) is 146 cm³/mol. The standard InChI is InChI=1S/C28H36N4O9/c1-11-10-40-27(41-11)30-9-13-8-16(31(2)3)14-6-12-7-15-20(32(4)5)23(35)19(26(29)38)25(37)28(15,39)24(36)17(12)22(34)18(14)21(13)33/h8,11-12,15,20,27,30,33-34,37,39H,6-7,9-10H2,1-5H3,(H2,29,38)/t11?,12-,15-,20-,27?,28-/m0/s1. The first-order chi connectivity index (χ1) is 19.2. The number of ketones is 2. The molecule has 1 aromatic rings. The summed E-state index contributed by atoms with van der Waals surface area (Å²) in [6.45, 7) is 2.39. The van der Waals surface area contributed by atoms with Gasteiger partial charge >= 0.3 is 0 Å². The van der Waals surface area contributed by atoms with Crippen LogP contribution in [0.1, 0.15) is 30.0 Å². The van der Waals surface area contributed by atoms with E-state index < -0.39 is 64.5 Å². The number of nitrogens with two attached hydrogens (primary N) is 1. The summed E-state index contributed by atoms with van der Waals surface area (Å²) in [6, 6.07) is 0.643. The van der Waals surface area contributed by atoms with Crippen LogP contribution in [0.5, 0.6) is 5.75 Å². The second-order valence-corrected chi connectivity index (χ2v) is 11.6. The van der Waals surface area contributed by atoms with Crippen LogP contribution in [0, 0.1) is 11.8 Å². The Balaban J connectivity index is 1.65. The van der Waals surface area contributed by atoms with E-state index in [9.17, 15) is 34.8 Å². The molecule has 0 bridgehead atoms. The molecule has 6 atom stereocenters. The number of aliphatic hydroxyl groups excluding tert-OH is 2. The number of hydrogen-bond donors (Lipinski definition) is 6. The molecule has 0 radical (unpaired) electrons. The van der Waals surface area contributed by atoms with Gasteiger partial charge in [0.25, 0.3) is 5.91 Å². The normalized spacial score (nSPS) is 31.3. The highest BCUT2D eigenvalue weighted by Gasteiger charge is 2.64. The number of aliphatic hydroxyl groups is 3. The van der Waals surface area contributed by atoms with E-state index in [0.717, 1.165) is 0 Å². The third-order valence-electron chi connectivity index (χ3n) is 8.56. The summed E-state index contributed by atoms with van der Waals surface area (Å²) in [5.74, 6) is -6.81. The first-order valence-electron chi connectivity index (χ1n) is 13.4. The fraction of sp³-hybridized carbons (Fsp3) is 0.536. The van der Waals surface area contributed by atoms with Crippen LogP contribution in [0.2, 0.25) is 0 Å². The molecule has 3 aliphatic carbocycles. The van der Waals surface area contributed by atoms with E-state index in [-0.39, 0.29) is 42.4 Å². The van der Waals surface area contributed by atoms with Gasteiger partial charge in [-0.25, -0.2) is 0 Å². The molecule has 1 amide bonds. The van der Waals surface area contributed by atoms with Crippen molar-refractivity contribution in [3.8, 4) is 5.75 Å². The molecule has 0 spiro atoms. The number of hydrogen-bond acceptors (Lipinski definition) is 12. The number of benzene rings is 1. The molecule has 5 rings (SSSR count). The maximum Gasteiger partial charge on any atom is 0.255 e. The Morgan fingerprint density at radius 2 is 1.88 bits per heavy atom. The monoisotopic (exact) mass is 572 g/mol. The Bertz CT molecular complexity index is 1400. The summed E-state index contributed by atoms with van der Waals surface area (Å²) in [6.07, 6.45) is -0.548. The van der Waals surface area contributed by atoms with Gasteiger partial charge in [-0.15, -0.1) is 0 Å². The zero-order valence-corrected chi connectivity index (χ0v) is 23.6. The van der Waals surface area contributed by atoms with Gasteiger partial charge in [-0.2, -0.15) is 0 Å². The van der Waals surface area contributed by atoms with Crippen molar-refractivity contribution in [1.29, 1.82) is 0 Å². The van der Waals surface area contributed by atoms with Crippen LogP contribution < -0.4 is 16.0 Å². The molecule has 13 nitrogen and oxygen atoms in total. The summed E-state index contributed by atoms with van der Waals surface area (Å²) in [5, 5.41) is 48.8. The molecule has 1 heterocycles. The molecule has 41 heavy (non-hydrogen) atoms. The molecule has 1 saturated carbocycles. The number of Topliss-reactive ketones (excluding diaryl/α,β-unsaturated/α-hetero) is 2. The number of fused-ring (bicyclic) bond motifs is 3. The molecule has 1 aliphatic heterocycles. The Morgan fingerprint density at radius 1 is 1.20 bits per heavy atom. The molecule has 222 valence electrons. The minimum absolute atomic E-state index is 0.0250. The first kappa shape index (κ1) is 29.0. The summed E-state index contributed by atoms with van der Waals surface area (Å²) < 4.78 is 11.1. The molecule has 13 heteroatoms. The predicted octanol–water partition coefficient (Wildman–Crippen LogP) is -0.161. The SMILES string of the molecule is CC1COC(NCc2cc(N(C)C)c3c(c2O)C(O)=C2C(=O)[C@]4(O)C(O)=C(C(N)=O)C(=O)[C@@H](N(C)C)[C@@H]4C[C@@H]2C3)O1. The fourth-order valence-corrected chi connectivity index (χ4v) is 6.69. The van der Waals surface area contributed by atoms with Gasteiger partial charge in [0.15, 0.2) is 11.4 Å². The Morgan fingerprint density at radius 3 is 2.44 bits per heavy atom. The number of carbonyl (C=O) groups excluding carboxylic acids is 3. The Hall–Kier alpha value is -3.49. The van der Waals surface area contributed by atoms with Crippen molar-refractivity contribution in [2.75, 3.05) is 39.7 Å². The number of likely N-dealkylation sites (N-methyl/N-ethyl adjacent to an activating group) is 1. The van der Waals surface area contributed by atoms with E-state index in [1.807, 2.05) is 25.9 Å². The highest BCUT2D eigenvalue weighted by Crippen LogP contribution is 2.54. The van der Waals surface area contributed by atoms with Crippen LogP contribution in [0.15, 0.2) is 23.0 Å². The zero-order valence-electron chi connectivity index (χ0n) is 23.6. The van der Waals surface area contributed by atoms with Crippen molar-refractivity contribution >= 4 is 28.9 Å². The molecule has 0 aromatic heterocycles. The molecule has 7 N–H and O–H groups in total. The Labute approximate surface area is 236 Å². The van der Waals surface area contributed by atoms with Crippen LogP contribution in [0.4, 0.5) is 5.69 Å². The number of phenols is 1. The number of rotatable bonds is 6. The molecule has 4 aliphatic rings. The number of phenolic OH excluding ortho intramolecular Hbond substituents is 1. The quantitative estimate of drug-likeness (QED) is 0.247. The number of ether oxygens (including phenoxy) is 2. The summed E-state index contributed by atoms with van der Waals surface area (Å²) in [4.78, 5) is 42.7. The van der Waals surface area contributed by atoms with Crippen LogP contribution in [-0.4, -0.2) is 102 Å². The van der Waals surface area contributed by atoms with E-state index in [1.54, 1.807) is 20.2 Å². The average Bonchev–Trinajstić information content (AvgIpc) is 3.30. The minimum Gasteiger partial charge on any atom is -0.508 e. The van der Waals surface area contributed by atoms with Crippen molar-refractivity contribution in [2.45, 2.75) is 50.5 Å². The van der Waals surface area contributed by atoms with E-state index in [1.165, 1.54) is 4.90 Å². The lowest BCUT2D eigenvalue weighted by Gasteiger charge is -2.50. The van der Waals surface area contributed by atoms with Crippen LogP contribution >= 0.6 is 0 Å². The van der Waals surface area contributed by atoms with E-state index in [0.29, 0.717) is 23.4 Å². The van der Waals surface area contributed by atoms with Gasteiger partial charge in [0.05, 0.1) is 24.3 Å². The molecular weight excluding hydrogens is 536 g/mol. The third-order valence-corrected chi connectivity index (χ3v) is 8.56. The fourth-order valence-electron chi connectivity index (χ4n) is 6.69. The van der Waals surface area contributed by atoms with Gasteiger partial charge in [0, 0.05) is 43.4 Å². The molecule has 1 aromatic carbocycles. The van der Waals surface area contributed by atoms with Crippen LogP contribution in [-0.2, 0) is 36.8 Å². The van der Waals surface area contributed by atoms with E-state index in [4.69, 9.17) is 15.2 Å². The van der Waals surface area contributed by atoms with E-state index in [2.05, 4.69) is 5.32 Å². The number of primary amides is 1. The third kappa shape index (κ3) is 4.30. The van der Waals surface area contributed by atoms with Crippen molar-refractivity contribution < 1.29 is 44.3 Å². The smallest absolute Gasteiger partial charge is 0.255 e. The topological polar surface area (TPSA) is 195 Å². The number of nitrogens with one attached hydrogen (secondary N) is 1. The van der Waals surface area contributed by atoms with Crippen molar-refractivity contribution in [3.05, 3.63) is 39.7 Å². The lowest BCUT2D eigenvalue weighted by molar-refractivity contribution is -0.153. The highest BCUT2D eigenvalue weighted by molar-refractivity contribution is 6.24. The van der Waals surface area contributed by atoms with Crippen LogP contribution in [0.3, 0.4) is 0 Å². The maximum absolute atomic E-state index is 14.1. The van der Waals surface area contributed by atoms with Gasteiger partial charge in [-0.3, -0.25) is 24.6 Å². The zero-order chi connectivity index (χ0) is 30.1. The molecule has 2 unspecified atom stereocenters. The lowest BCUT2D eigenvalue weighted by atomic mass is 9.57. The average molecular weight is 573 g/mol. The second-order valence-electron chi connectivity index (χ2n) is 11.6. The molecule has 2 fully saturated rings. The number of carbonyl (C=O) groups is 3. The second kappa shape index (κ2) is 10.1. The van der Waals surface area contributed by atoms with Gasteiger partial charge in [0.1, 0.15) is 22.8 Å². The van der Waals surface area contributed by atoms with Crippen molar-refractivity contribution in [2.24, 2.45) is 17.6 Å². The minimum atomic E-state index is -2.68. The van der Waals surface area contributed by atoms with E-state index >= 15 is 0 Å². The van der Waals surface area contributed by atoms with Crippen molar-refractivity contribution in [3.63, 3.8) is 0 Å². The highest BCUT2D eigenvalue weighted by atomic mass is 16.7. The lowest BCUT2D eigenvalue weighted by Crippen LogP contribution is -2.65. The Kier molecular flexibility index (Phi) is 7.15. The summed E-state index contributed by atoms with van der Waals surface area (Å²) in [5.41, 5.74) is 3.37. The van der Waals surface area contributed by atoms with Gasteiger partial charge in [-0.05, 0) is 51.4 Å². The van der Waals surface area contributed by atoms with Gasteiger partial charge in [0.2, 0.25) is 12.2 Å². The number of aromatic hydroxyl groups is 1. The van der Waals surface area contributed by atoms with Gasteiger partial charge in [-0.1, -0.05) is 0 Å². The maximum atomic E-state index is 14.1.